The molecule has 2 aromatic rings. The molecule has 0 bridgehead atoms. The molecule has 0 atom stereocenters. The Hall–Kier alpha value is -1.97. The van der Waals surface area contributed by atoms with E-state index in [0.717, 1.165) is 16.8 Å². The minimum atomic E-state index is 0.355. The van der Waals surface area contributed by atoms with Crippen LogP contribution in [0.5, 0.6) is 0 Å². The molecule has 2 rings (SSSR count). The molecule has 0 fully saturated rings. The van der Waals surface area contributed by atoms with Crippen LogP contribution in [0.2, 0.25) is 0 Å². The van der Waals surface area contributed by atoms with Gasteiger partial charge in [-0.15, -0.1) is 0 Å². The lowest BCUT2D eigenvalue weighted by Gasteiger charge is -2.17. The number of benzene rings is 1. The second-order valence-corrected chi connectivity index (χ2v) is 4.02. The van der Waals surface area contributed by atoms with E-state index in [4.69, 9.17) is 10.3 Å². The highest BCUT2D eigenvalue weighted by Gasteiger charge is 2.12. The van der Waals surface area contributed by atoms with Crippen LogP contribution in [0.25, 0.3) is 11.1 Å². The van der Waals surface area contributed by atoms with Gasteiger partial charge in [-0.1, -0.05) is 16.8 Å². The number of nitrogens with zero attached hydrogens (tertiary/aromatic N) is 2. The molecule has 0 saturated carbocycles. The maximum atomic E-state index is 5.74. The Bertz CT molecular complexity index is 503. The molecule has 0 aliphatic heterocycles. The van der Waals surface area contributed by atoms with Gasteiger partial charge in [0, 0.05) is 25.3 Å². The van der Waals surface area contributed by atoms with Gasteiger partial charge in [0.2, 0.25) is 5.88 Å². The van der Waals surface area contributed by atoms with Crippen LogP contribution >= 0.6 is 0 Å². The van der Waals surface area contributed by atoms with E-state index in [1.54, 1.807) is 6.20 Å². The highest BCUT2D eigenvalue weighted by Crippen LogP contribution is 2.34. The predicted molar refractivity (Wildman–Crippen MR) is 65.4 cm³/mol. The highest BCUT2D eigenvalue weighted by molar-refractivity contribution is 5.83. The Labute approximate surface area is 94.6 Å². The van der Waals surface area contributed by atoms with Gasteiger partial charge in [0.25, 0.3) is 0 Å². The third kappa shape index (κ3) is 1.74. The lowest BCUT2D eigenvalue weighted by atomic mass is 10.0. The molecule has 1 aromatic heterocycles. The van der Waals surface area contributed by atoms with Crippen LogP contribution in [0.1, 0.15) is 5.56 Å². The topological polar surface area (TPSA) is 55.3 Å². The molecule has 1 heterocycles. The Morgan fingerprint density at radius 3 is 2.56 bits per heavy atom. The molecule has 16 heavy (non-hydrogen) atoms. The Morgan fingerprint density at radius 1 is 1.25 bits per heavy atom. The summed E-state index contributed by atoms with van der Waals surface area (Å²) >= 11 is 0. The molecule has 0 saturated heterocycles. The van der Waals surface area contributed by atoms with Crippen molar-refractivity contribution in [3.63, 3.8) is 0 Å². The number of anilines is 2. The zero-order valence-corrected chi connectivity index (χ0v) is 9.69. The first kappa shape index (κ1) is 10.5. The summed E-state index contributed by atoms with van der Waals surface area (Å²) in [6.45, 7) is 2.05. The summed E-state index contributed by atoms with van der Waals surface area (Å²) in [4.78, 5) is 2.04. The first-order valence-electron chi connectivity index (χ1n) is 5.08. The van der Waals surface area contributed by atoms with Crippen molar-refractivity contribution < 1.29 is 4.52 Å². The van der Waals surface area contributed by atoms with Gasteiger partial charge in [0.15, 0.2) is 0 Å². The number of hydrogen-bond donors (Lipinski definition) is 1. The molecular formula is C12H15N3O. The normalized spacial score (nSPS) is 10.4. The molecule has 4 heteroatoms. The van der Waals surface area contributed by atoms with Crippen LogP contribution < -0.4 is 10.6 Å². The van der Waals surface area contributed by atoms with E-state index in [0.29, 0.717) is 5.88 Å². The summed E-state index contributed by atoms with van der Waals surface area (Å²) in [5, 5.41) is 3.71. The minimum Gasteiger partial charge on any atom is -0.377 e. The van der Waals surface area contributed by atoms with Crippen molar-refractivity contribution in [2.45, 2.75) is 6.92 Å². The average Bonchev–Trinajstić information content (AvgIpc) is 2.63. The van der Waals surface area contributed by atoms with Crippen molar-refractivity contribution in [2.75, 3.05) is 24.7 Å². The molecule has 0 radical (unpaired) electrons. The standard InChI is InChI=1S/C12H15N3O/c1-8-4-5-11(15(2)3)9(6-8)10-7-14-16-12(10)13/h4-7H,13H2,1-3H3. The van der Waals surface area contributed by atoms with Crippen LogP contribution in [0.3, 0.4) is 0 Å². The second kappa shape index (κ2) is 3.89. The molecule has 0 aliphatic carbocycles. The molecular weight excluding hydrogens is 202 g/mol. The molecule has 84 valence electrons. The van der Waals surface area contributed by atoms with Gasteiger partial charge in [-0.05, 0) is 19.1 Å². The summed E-state index contributed by atoms with van der Waals surface area (Å²) in [5.74, 6) is 0.355. The molecule has 0 aliphatic rings. The van der Waals surface area contributed by atoms with Gasteiger partial charge in [0.1, 0.15) is 0 Å². The molecule has 1 aromatic carbocycles. The predicted octanol–water partition coefficient (Wildman–Crippen LogP) is 2.30. The SMILES string of the molecule is Cc1ccc(N(C)C)c(-c2cnoc2N)c1. The van der Waals surface area contributed by atoms with Crippen molar-refractivity contribution >= 4 is 11.6 Å². The lowest BCUT2D eigenvalue weighted by Crippen LogP contribution is -2.10. The van der Waals surface area contributed by atoms with E-state index < -0.39 is 0 Å². The maximum absolute atomic E-state index is 5.74. The first-order valence-corrected chi connectivity index (χ1v) is 5.08. The number of aryl methyl sites for hydroxylation is 1. The summed E-state index contributed by atoms with van der Waals surface area (Å²) in [6, 6.07) is 6.22. The van der Waals surface area contributed by atoms with E-state index in [1.165, 1.54) is 5.56 Å². The number of hydrogen-bond acceptors (Lipinski definition) is 4. The van der Waals surface area contributed by atoms with Crippen molar-refractivity contribution in [3.8, 4) is 11.1 Å². The van der Waals surface area contributed by atoms with Gasteiger partial charge < -0.3 is 15.2 Å². The van der Waals surface area contributed by atoms with Crippen molar-refractivity contribution in [3.05, 3.63) is 30.0 Å². The Balaban J connectivity index is 2.63. The molecule has 0 unspecified atom stereocenters. The van der Waals surface area contributed by atoms with E-state index in [2.05, 4.69) is 23.4 Å². The fourth-order valence-corrected chi connectivity index (χ4v) is 1.71. The van der Waals surface area contributed by atoms with Crippen LogP contribution in [0.15, 0.2) is 28.9 Å². The maximum Gasteiger partial charge on any atom is 0.230 e. The number of nitrogens with two attached hydrogens (primary N) is 1. The van der Waals surface area contributed by atoms with Crippen molar-refractivity contribution in [1.29, 1.82) is 0 Å². The second-order valence-electron chi connectivity index (χ2n) is 4.02. The minimum absolute atomic E-state index is 0.355. The number of rotatable bonds is 2. The molecule has 0 amide bonds. The molecule has 2 N–H and O–H groups in total. The summed E-state index contributed by atoms with van der Waals surface area (Å²) in [5.41, 5.74) is 9.91. The fourth-order valence-electron chi connectivity index (χ4n) is 1.71. The van der Waals surface area contributed by atoms with E-state index in [-0.39, 0.29) is 0 Å². The van der Waals surface area contributed by atoms with Gasteiger partial charge in [0.05, 0.1) is 11.8 Å². The van der Waals surface area contributed by atoms with Crippen LogP contribution in [-0.4, -0.2) is 19.3 Å². The summed E-state index contributed by atoms with van der Waals surface area (Å²) < 4.78 is 4.90. The van der Waals surface area contributed by atoms with Gasteiger partial charge in [-0.2, -0.15) is 0 Å². The van der Waals surface area contributed by atoms with Gasteiger partial charge in [-0.3, -0.25) is 0 Å². The number of nitrogen functional groups attached to an aromatic ring is 1. The van der Waals surface area contributed by atoms with Crippen LogP contribution in [0.4, 0.5) is 11.6 Å². The third-order valence-electron chi connectivity index (χ3n) is 2.52. The van der Waals surface area contributed by atoms with Gasteiger partial charge >= 0.3 is 0 Å². The molecule has 4 nitrogen and oxygen atoms in total. The summed E-state index contributed by atoms with van der Waals surface area (Å²) in [6.07, 6.45) is 1.65. The number of aromatic nitrogens is 1. The molecule has 0 spiro atoms. The van der Waals surface area contributed by atoms with E-state index in [1.807, 2.05) is 25.9 Å². The van der Waals surface area contributed by atoms with E-state index >= 15 is 0 Å². The smallest absolute Gasteiger partial charge is 0.230 e. The zero-order valence-electron chi connectivity index (χ0n) is 9.69. The zero-order chi connectivity index (χ0) is 11.7. The quantitative estimate of drug-likeness (QED) is 0.838. The lowest BCUT2D eigenvalue weighted by molar-refractivity contribution is 0.436. The van der Waals surface area contributed by atoms with E-state index in [9.17, 15) is 0 Å². The highest BCUT2D eigenvalue weighted by atomic mass is 16.5. The van der Waals surface area contributed by atoms with Crippen LogP contribution in [0, 0.1) is 6.92 Å². The summed E-state index contributed by atoms with van der Waals surface area (Å²) in [7, 11) is 4.00. The average molecular weight is 217 g/mol. The first-order chi connectivity index (χ1) is 7.59. The Kier molecular flexibility index (Phi) is 2.56. The monoisotopic (exact) mass is 217 g/mol. The third-order valence-corrected chi connectivity index (χ3v) is 2.52. The van der Waals surface area contributed by atoms with Gasteiger partial charge in [-0.25, -0.2) is 0 Å². The fraction of sp³-hybridized carbons (Fsp3) is 0.250. The van der Waals surface area contributed by atoms with Crippen molar-refractivity contribution in [1.82, 2.24) is 5.16 Å². The van der Waals surface area contributed by atoms with Crippen LogP contribution in [-0.2, 0) is 0 Å². The van der Waals surface area contributed by atoms with Crippen molar-refractivity contribution in [2.24, 2.45) is 0 Å². The largest absolute Gasteiger partial charge is 0.377 e. The Morgan fingerprint density at radius 2 is 2.00 bits per heavy atom.